The number of cyclic esters (lactones) is 1. The number of piperazine rings is 1. The van der Waals surface area contributed by atoms with Crippen molar-refractivity contribution >= 4 is 29.5 Å². The highest BCUT2D eigenvalue weighted by atomic mass is 32.2. The first-order chi connectivity index (χ1) is 20.7. The molecule has 0 radical (unpaired) electrons. The molecule has 0 amide bonds. The van der Waals surface area contributed by atoms with Crippen molar-refractivity contribution in [2.24, 2.45) is 0 Å². The topological polar surface area (TPSA) is 157 Å². The van der Waals surface area contributed by atoms with Gasteiger partial charge in [-0.05, 0) is 31.4 Å². The highest BCUT2D eigenvalue weighted by molar-refractivity contribution is 8.00. The Balaban J connectivity index is 1.55. The third-order valence-corrected chi connectivity index (χ3v) is 10.3. The molecular formula is C30H29N3O9S. The molecule has 0 unspecified atom stereocenters. The molecule has 5 aliphatic heterocycles. The Morgan fingerprint density at radius 3 is 2.65 bits per heavy atom. The largest absolute Gasteiger partial charge is 0.504 e. The van der Waals surface area contributed by atoms with Crippen LogP contribution in [0, 0.1) is 25.2 Å². The number of aromatic hydroxyl groups is 1. The lowest BCUT2D eigenvalue weighted by atomic mass is 9.72. The zero-order valence-electron chi connectivity index (χ0n) is 23.9. The van der Waals surface area contributed by atoms with E-state index in [4.69, 9.17) is 23.7 Å². The van der Waals surface area contributed by atoms with Crippen molar-refractivity contribution in [3.63, 3.8) is 0 Å². The van der Waals surface area contributed by atoms with Gasteiger partial charge in [-0.25, -0.2) is 4.79 Å². The zero-order valence-corrected chi connectivity index (χ0v) is 24.7. The van der Waals surface area contributed by atoms with Crippen LogP contribution >= 0.6 is 11.8 Å². The van der Waals surface area contributed by atoms with E-state index in [0.717, 1.165) is 11.1 Å². The summed E-state index contributed by atoms with van der Waals surface area (Å²) in [4.78, 5) is 40.0. The molecule has 13 heteroatoms. The smallest absolute Gasteiger partial charge is 0.375 e. The van der Waals surface area contributed by atoms with Crippen LogP contribution in [0.4, 0.5) is 0 Å². The minimum absolute atomic E-state index is 0.00609. The summed E-state index contributed by atoms with van der Waals surface area (Å²) in [6.45, 7) is 4.63. The normalized spacial score (nSPS) is 28.6. The number of nitrogens with one attached hydrogen (secondary N) is 1. The molecule has 5 aliphatic rings. The Hall–Kier alpha value is -3.99. The van der Waals surface area contributed by atoms with E-state index < -0.39 is 47.1 Å². The highest BCUT2D eigenvalue weighted by Gasteiger charge is 2.59. The summed E-state index contributed by atoms with van der Waals surface area (Å²) in [5, 5.41) is 25.2. The van der Waals surface area contributed by atoms with Crippen LogP contribution in [0.5, 0.6) is 28.7 Å². The monoisotopic (exact) mass is 607 g/mol. The van der Waals surface area contributed by atoms with Crippen LogP contribution in [-0.2, 0) is 25.5 Å². The first kappa shape index (κ1) is 27.8. The SMILES string of the molecule is COc1c(C)cc2c(c1O)[C@H]1N[C@H](C2)[C@H](C#N)N2[C@H]1[C@@H]1SCC(=O)C(=O)OC[C@H]2c2c3c(c(C)c(OC(C)=O)c21)OCO3. The lowest BCUT2D eigenvalue weighted by Crippen LogP contribution is -2.69. The lowest BCUT2D eigenvalue weighted by molar-refractivity contribution is -0.155. The van der Waals surface area contributed by atoms with Gasteiger partial charge in [-0.3, -0.25) is 14.5 Å². The van der Waals surface area contributed by atoms with Gasteiger partial charge in [0.1, 0.15) is 18.4 Å². The first-order valence-corrected chi connectivity index (χ1v) is 15.0. The fourth-order valence-electron chi connectivity index (χ4n) is 7.50. The number of nitriles is 1. The fourth-order valence-corrected chi connectivity index (χ4v) is 8.85. The van der Waals surface area contributed by atoms with Crippen molar-refractivity contribution in [3.8, 4) is 34.8 Å². The van der Waals surface area contributed by atoms with Crippen molar-refractivity contribution in [2.75, 3.05) is 26.3 Å². The van der Waals surface area contributed by atoms with E-state index in [1.165, 1.54) is 25.8 Å². The number of esters is 2. The number of ketones is 1. The number of Topliss-reactive ketones (excluding diaryl/α,β-unsaturated/α-hetero) is 1. The Labute approximate surface area is 251 Å². The van der Waals surface area contributed by atoms with Gasteiger partial charge >= 0.3 is 11.9 Å². The van der Waals surface area contributed by atoms with Crippen molar-refractivity contribution in [2.45, 2.75) is 62.7 Å². The van der Waals surface area contributed by atoms with Crippen LogP contribution in [0.3, 0.4) is 0 Å². The second-order valence-electron chi connectivity index (χ2n) is 11.3. The van der Waals surface area contributed by atoms with Crippen molar-refractivity contribution in [1.82, 2.24) is 10.2 Å². The quantitative estimate of drug-likeness (QED) is 0.292. The summed E-state index contributed by atoms with van der Waals surface area (Å²) in [6.07, 6.45) is 0.464. The third kappa shape index (κ3) is 3.93. The van der Waals surface area contributed by atoms with Gasteiger partial charge in [0.15, 0.2) is 23.0 Å². The van der Waals surface area contributed by atoms with Crippen LogP contribution in [0.15, 0.2) is 6.07 Å². The Kier molecular flexibility index (Phi) is 6.50. The van der Waals surface area contributed by atoms with E-state index in [2.05, 4.69) is 11.4 Å². The predicted molar refractivity (Wildman–Crippen MR) is 150 cm³/mol. The summed E-state index contributed by atoms with van der Waals surface area (Å²) in [7, 11) is 1.50. The predicted octanol–water partition coefficient (Wildman–Crippen LogP) is 2.46. The van der Waals surface area contributed by atoms with Crippen molar-refractivity contribution in [3.05, 3.63) is 39.4 Å². The molecule has 2 fully saturated rings. The maximum absolute atomic E-state index is 12.8. The first-order valence-electron chi connectivity index (χ1n) is 13.9. The van der Waals surface area contributed by atoms with Gasteiger partial charge in [0.2, 0.25) is 12.6 Å². The Morgan fingerprint density at radius 2 is 1.93 bits per heavy atom. The molecule has 0 spiro atoms. The van der Waals surface area contributed by atoms with E-state index in [1.54, 1.807) is 6.92 Å². The maximum atomic E-state index is 12.8. The van der Waals surface area contributed by atoms with E-state index in [0.29, 0.717) is 45.9 Å². The highest BCUT2D eigenvalue weighted by Crippen LogP contribution is 2.62. The van der Waals surface area contributed by atoms with Crippen LogP contribution < -0.4 is 24.3 Å². The van der Waals surface area contributed by atoms with Crippen molar-refractivity contribution in [1.29, 1.82) is 5.26 Å². The van der Waals surface area contributed by atoms with E-state index in [9.17, 15) is 24.8 Å². The number of ether oxygens (including phenoxy) is 5. The molecule has 2 aromatic rings. The molecule has 0 aromatic heterocycles. The second-order valence-corrected chi connectivity index (χ2v) is 12.5. The van der Waals surface area contributed by atoms with E-state index in [1.807, 2.05) is 17.9 Å². The Bertz CT molecular complexity index is 1650. The Morgan fingerprint density at radius 1 is 1.16 bits per heavy atom. The molecule has 7 rings (SSSR count). The average Bonchev–Trinajstić information content (AvgIpc) is 3.46. The van der Waals surface area contributed by atoms with E-state index in [-0.39, 0.29) is 36.7 Å². The number of carbonyl (C=O) groups excluding carboxylic acids is 3. The number of hydrogen-bond acceptors (Lipinski definition) is 13. The standard InChI is InChI=1S/C30H29N3O9S/c1-11-5-14-6-15-16(7-31)33-17-8-39-30(37)18(35)9-43-29(23(33)22(32-15)19(14)24(36)25(11)38-4)21-20(17)28-27(40-10-41-28)12(2)26(21)42-13(3)34/h5,15-17,22-23,29,32,36H,6,8-10H2,1-4H3/t15-,16+,17+,22-,23-,29-/m1/s1. The molecule has 4 bridgehead atoms. The number of rotatable bonds is 2. The molecule has 224 valence electrons. The van der Waals surface area contributed by atoms with Gasteiger partial charge in [-0.1, -0.05) is 6.07 Å². The van der Waals surface area contributed by atoms with Crippen LogP contribution in [0.1, 0.15) is 57.6 Å². The number of hydrogen-bond donors (Lipinski definition) is 2. The lowest BCUT2D eigenvalue weighted by Gasteiger charge is -2.58. The number of benzene rings is 2. The molecular weight excluding hydrogens is 578 g/mol. The molecule has 0 aliphatic carbocycles. The summed E-state index contributed by atoms with van der Waals surface area (Å²) in [5.41, 5.74) is 4.08. The van der Waals surface area contributed by atoms with Crippen LogP contribution in [0.25, 0.3) is 0 Å². The van der Waals surface area contributed by atoms with Gasteiger partial charge in [0, 0.05) is 41.3 Å². The molecule has 43 heavy (non-hydrogen) atoms. The number of nitrogens with zero attached hydrogens (tertiary/aromatic N) is 2. The molecule has 6 atom stereocenters. The van der Waals surface area contributed by atoms with E-state index >= 15 is 0 Å². The molecule has 5 heterocycles. The van der Waals surface area contributed by atoms with Gasteiger partial charge in [-0.2, -0.15) is 5.26 Å². The number of aryl methyl sites for hydroxylation is 1. The number of carbonyl (C=O) groups is 3. The summed E-state index contributed by atoms with van der Waals surface area (Å²) in [6, 6.07) is 1.61. The molecule has 2 aromatic carbocycles. The molecule has 12 nitrogen and oxygen atoms in total. The fraction of sp³-hybridized carbons (Fsp3) is 0.467. The van der Waals surface area contributed by atoms with Gasteiger partial charge in [0.05, 0.1) is 36.3 Å². The maximum Gasteiger partial charge on any atom is 0.375 e. The van der Waals surface area contributed by atoms with Crippen LogP contribution in [-0.4, -0.2) is 72.1 Å². The second kappa shape index (κ2) is 10.0. The summed E-state index contributed by atoms with van der Waals surface area (Å²) < 4.78 is 28.9. The van der Waals surface area contributed by atoms with Gasteiger partial charge in [-0.15, -0.1) is 11.8 Å². The zero-order chi connectivity index (χ0) is 30.3. The van der Waals surface area contributed by atoms with Gasteiger partial charge < -0.3 is 34.1 Å². The van der Waals surface area contributed by atoms with Crippen LogP contribution in [0.2, 0.25) is 0 Å². The molecule has 2 saturated heterocycles. The average molecular weight is 608 g/mol. The van der Waals surface area contributed by atoms with Crippen molar-refractivity contribution < 1.29 is 43.2 Å². The van der Waals surface area contributed by atoms with Gasteiger partial charge in [0.25, 0.3) is 0 Å². The third-order valence-electron chi connectivity index (χ3n) is 9.03. The number of phenolic OH excluding ortho intramolecular Hbond substituents is 1. The number of phenols is 1. The minimum atomic E-state index is -0.952. The number of methoxy groups -OCH3 is 1. The number of thioether (sulfide) groups is 1. The minimum Gasteiger partial charge on any atom is -0.504 e. The molecule has 0 saturated carbocycles. The molecule has 2 N–H and O–H groups in total. The summed E-state index contributed by atoms with van der Waals surface area (Å²) in [5.74, 6) is -0.915. The number of fused-ring (bicyclic) bond motifs is 9. The summed E-state index contributed by atoms with van der Waals surface area (Å²) >= 11 is 1.20.